The zero-order chi connectivity index (χ0) is 14.9. The van der Waals surface area contributed by atoms with Crippen LogP contribution in [0.4, 0.5) is 5.69 Å². The van der Waals surface area contributed by atoms with Gasteiger partial charge in [-0.3, -0.25) is 9.59 Å². The summed E-state index contributed by atoms with van der Waals surface area (Å²) < 4.78 is 10.2. The van der Waals surface area contributed by atoms with Crippen LogP contribution in [0.15, 0.2) is 12.1 Å². The molecule has 6 nitrogen and oxygen atoms in total. The van der Waals surface area contributed by atoms with Crippen LogP contribution in [0.25, 0.3) is 0 Å². The average Bonchev–Trinajstić information content (AvgIpc) is 3.21. The van der Waals surface area contributed by atoms with Crippen molar-refractivity contribution in [1.29, 1.82) is 0 Å². The van der Waals surface area contributed by atoms with Gasteiger partial charge in [0.1, 0.15) is 16.9 Å². The third-order valence-electron chi connectivity index (χ3n) is 3.32. The predicted molar refractivity (Wildman–Crippen MR) is 72.5 cm³/mol. The van der Waals surface area contributed by atoms with Crippen LogP contribution in [0.5, 0.6) is 11.5 Å². The highest BCUT2D eigenvalue weighted by Crippen LogP contribution is 2.47. The number of carboxylic acid groups (broad SMARTS) is 1. The number of aliphatic carboxylic acids is 1. The van der Waals surface area contributed by atoms with E-state index in [0.29, 0.717) is 35.1 Å². The van der Waals surface area contributed by atoms with Gasteiger partial charge in [-0.2, -0.15) is 0 Å². The largest absolute Gasteiger partial charge is 0.495 e. The number of carboxylic acids is 1. The van der Waals surface area contributed by atoms with E-state index >= 15 is 0 Å². The third kappa shape index (κ3) is 2.38. The lowest BCUT2D eigenvalue weighted by molar-refractivity contribution is -0.147. The van der Waals surface area contributed by atoms with Crippen LogP contribution in [-0.2, 0) is 9.59 Å². The van der Waals surface area contributed by atoms with Gasteiger partial charge in [0.25, 0.3) is 0 Å². The summed E-state index contributed by atoms with van der Waals surface area (Å²) in [6.07, 6.45) is 0.669. The van der Waals surface area contributed by atoms with Gasteiger partial charge in [0, 0.05) is 12.1 Å². The van der Waals surface area contributed by atoms with E-state index in [4.69, 9.17) is 26.2 Å². The highest BCUT2D eigenvalue weighted by molar-refractivity contribution is 6.32. The van der Waals surface area contributed by atoms with Gasteiger partial charge in [0.15, 0.2) is 0 Å². The second-order valence-corrected chi connectivity index (χ2v) is 4.94. The summed E-state index contributed by atoms with van der Waals surface area (Å²) >= 11 is 5.96. The number of hydrogen-bond donors (Lipinski definition) is 2. The Hall–Kier alpha value is -1.95. The number of carbonyl (C=O) groups excluding carboxylic acids is 1. The van der Waals surface area contributed by atoms with E-state index in [1.165, 1.54) is 26.4 Å². The number of carbonyl (C=O) groups is 2. The standard InChI is InChI=1S/C13H14ClNO5/c1-19-9-6-8(10(20-2)5-7(9)14)15-11(16)13(3-4-13)12(17)18/h5-6H,3-4H2,1-2H3,(H,15,16)(H,17,18). The Morgan fingerprint density at radius 3 is 2.30 bits per heavy atom. The van der Waals surface area contributed by atoms with Crippen LogP contribution in [0.3, 0.4) is 0 Å². The lowest BCUT2D eigenvalue weighted by Crippen LogP contribution is -2.31. The summed E-state index contributed by atoms with van der Waals surface area (Å²) in [5.74, 6) is -0.976. The smallest absolute Gasteiger partial charge is 0.319 e. The van der Waals surface area contributed by atoms with E-state index in [2.05, 4.69) is 5.32 Å². The highest BCUT2D eigenvalue weighted by Gasteiger charge is 2.57. The molecule has 108 valence electrons. The van der Waals surface area contributed by atoms with Gasteiger partial charge in [0.2, 0.25) is 5.91 Å². The van der Waals surface area contributed by atoms with E-state index in [1.807, 2.05) is 0 Å². The minimum Gasteiger partial charge on any atom is -0.495 e. The average molecular weight is 300 g/mol. The van der Waals surface area contributed by atoms with Gasteiger partial charge in [-0.05, 0) is 12.8 Å². The Bertz CT molecular complexity index is 568. The Morgan fingerprint density at radius 1 is 1.25 bits per heavy atom. The van der Waals surface area contributed by atoms with Crippen molar-refractivity contribution < 1.29 is 24.2 Å². The summed E-state index contributed by atoms with van der Waals surface area (Å²) in [6.45, 7) is 0. The molecule has 2 rings (SSSR count). The van der Waals surface area contributed by atoms with Crippen LogP contribution < -0.4 is 14.8 Å². The molecule has 0 saturated heterocycles. The molecule has 1 aromatic carbocycles. The van der Waals surface area contributed by atoms with Crippen molar-refractivity contribution in [1.82, 2.24) is 0 Å². The topological polar surface area (TPSA) is 84.9 Å². The molecule has 2 N–H and O–H groups in total. The Balaban J connectivity index is 2.29. The molecule has 0 spiro atoms. The summed E-state index contributed by atoms with van der Waals surface area (Å²) in [5, 5.41) is 12.0. The molecule has 1 aliphatic rings. The zero-order valence-electron chi connectivity index (χ0n) is 11.0. The molecule has 1 amide bonds. The van der Waals surface area contributed by atoms with Crippen molar-refractivity contribution in [2.45, 2.75) is 12.8 Å². The van der Waals surface area contributed by atoms with Gasteiger partial charge < -0.3 is 19.9 Å². The first-order valence-electron chi connectivity index (χ1n) is 5.91. The number of anilines is 1. The van der Waals surface area contributed by atoms with Crippen LogP contribution >= 0.6 is 11.6 Å². The fourth-order valence-electron chi connectivity index (χ4n) is 1.86. The van der Waals surface area contributed by atoms with E-state index in [0.717, 1.165) is 0 Å². The monoisotopic (exact) mass is 299 g/mol. The molecule has 1 fully saturated rings. The van der Waals surface area contributed by atoms with E-state index in [-0.39, 0.29) is 0 Å². The predicted octanol–water partition coefficient (Wildman–Crippen LogP) is 2.16. The first-order valence-corrected chi connectivity index (χ1v) is 6.29. The van der Waals surface area contributed by atoms with Crippen LogP contribution in [0, 0.1) is 5.41 Å². The van der Waals surface area contributed by atoms with Crippen molar-refractivity contribution in [2.24, 2.45) is 5.41 Å². The van der Waals surface area contributed by atoms with E-state index in [1.54, 1.807) is 0 Å². The van der Waals surface area contributed by atoms with Crippen molar-refractivity contribution in [2.75, 3.05) is 19.5 Å². The van der Waals surface area contributed by atoms with Gasteiger partial charge in [-0.15, -0.1) is 0 Å². The molecule has 1 aliphatic carbocycles. The molecule has 0 heterocycles. The van der Waals surface area contributed by atoms with Crippen LogP contribution in [0.1, 0.15) is 12.8 Å². The maximum absolute atomic E-state index is 12.1. The molecular weight excluding hydrogens is 286 g/mol. The molecular formula is C13H14ClNO5. The molecule has 0 aliphatic heterocycles. The maximum Gasteiger partial charge on any atom is 0.319 e. The summed E-state index contributed by atoms with van der Waals surface area (Å²) in [5.41, 5.74) is -0.996. The molecule has 20 heavy (non-hydrogen) atoms. The number of rotatable bonds is 5. The van der Waals surface area contributed by atoms with E-state index in [9.17, 15) is 9.59 Å². The lowest BCUT2D eigenvalue weighted by atomic mass is 10.1. The van der Waals surface area contributed by atoms with Crippen molar-refractivity contribution in [3.8, 4) is 11.5 Å². The summed E-state index contributed by atoms with van der Waals surface area (Å²) in [6, 6.07) is 2.99. The van der Waals surface area contributed by atoms with Crippen LogP contribution in [0.2, 0.25) is 5.02 Å². The minimum atomic E-state index is -1.32. The number of benzene rings is 1. The van der Waals surface area contributed by atoms with Gasteiger partial charge in [-0.25, -0.2) is 0 Å². The fourth-order valence-corrected chi connectivity index (χ4v) is 2.09. The SMILES string of the molecule is COc1cc(NC(=O)C2(C(=O)O)CC2)c(OC)cc1Cl. The Labute approximate surface area is 120 Å². The number of halogens is 1. The van der Waals surface area contributed by atoms with Gasteiger partial charge in [0.05, 0.1) is 24.9 Å². The lowest BCUT2D eigenvalue weighted by Gasteiger charge is -2.15. The summed E-state index contributed by atoms with van der Waals surface area (Å²) in [4.78, 5) is 23.2. The minimum absolute atomic E-state index is 0.325. The Kier molecular flexibility index (Phi) is 3.76. The molecule has 1 aromatic rings. The number of methoxy groups -OCH3 is 2. The molecule has 0 aromatic heterocycles. The van der Waals surface area contributed by atoms with Crippen molar-refractivity contribution in [3.05, 3.63) is 17.2 Å². The maximum atomic E-state index is 12.1. The first-order chi connectivity index (χ1) is 9.44. The Morgan fingerprint density at radius 2 is 1.85 bits per heavy atom. The zero-order valence-corrected chi connectivity index (χ0v) is 11.8. The number of hydrogen-bond acceptors (Lipinski definition) is 4. The van der Waals surface area contributed by atoms with E-state index < -0.39 is 17.3 Å². The molecule has 7 heteroatoms. The number of ether oxygens (including phenoxy) is 2. The summed E-state index contributed by atoms with van der Waals surface area (Å²) in [7, 11) is 2.87. The second kappa shape index (κ2) is 5.20. The molecule has 1 saturated carbocycles. The molecule has 0 bridgehead atoms. The number of nitrogens with one attached hydrogen (secondary N) is 1. The highest BCUT2D eigenvalue weighted by atomic mass is 35.5. The molecule has 0 radical (unpaired) electrons. The number of amides is 1. The second-order valence-electron chi connectivity index (χ2n) is 4.53. The first kappa shape index (κ1) is 14.5. The van der Waals surface area contributed by atoms with Crippen molar-refractivity contribution >= 4 is 29.2 Å². The normalized spacial score (nSPS) is 15.3. The van der Waals surface area contributed by atoms with Gasteiger partial charge >= 0.3 is 5.97 Å². The quantitative estimate of drug-likeness (QED) is 0.814. The third-order valence-corrected chi connectivity index (χ3v) is 3.61. The molecule has 0 atom stereocenters. The van der Waals surface area contributed by atoms with Crippen molar-refractivity contribution in [3.63, 3.8) is 0 Å². The molecule has 0 unspecified atom stereocenters. The van der Waals surface area contributed by atoms with Crippen LogP contribution in [-0.4, -0.2) is 31.2 Å². The van der Waals surface area contributed by atoms with Gasteiger partial charge in [-0.1, -0.05) is 11.6 Å². The fraction of sp³-hybridized carbons (Fsp3) is 0.385.